The van der Waals surface area contributed by atoms with E-state index in [2.05, 4.69) is 25.9 Å². The van der Waals surface area contributed by atoms with Crippen molar-refractivity contribution >= 4 is 16.7 Å². The molecule has 0 radical (unpaired) electrons. The van der Waals surface area contributed by atoms with E-state index in [0.29, 0.717) is 29.4 Å². The number of benzene rings is 2. The Morgan fingerprint density at radius 1 is 0.968 bits per heavy atom. The molecule has 0 fully saturated rings. The number of H-pyrrole nitrogens is 1. The Morgan fingerprint density at radius 3 is 2.55 bits per heavy atom. The fourth-order valence-corrected chi connectivity index (χ4v) is 4.01. The van der Waals surface area contributed by atoms with E-state index in [4.69, 9.17) is 4.42 Å². The highest BCUT2D eigenvalue weighted by molar-refractivity contribution is 5.82. The van der Waals surface area contributed by atoms with E-state index >= 15 is 0 Å². The maximum atomic E-state index is 14.6. The van der Waals surface area contributed by atoms with Crippen LogP contribution < -0.4 is 5.32 Å². The Morgan fingerprint density at radius 2 is 1.77 bits per heavy atom. The number of furan rings is 1. The Bertz CT molecular complexity index is 1370. The van der Waals surface area contributed by atoms with Crippen molar-refractivity contribution in [2.75, 3.05) is 5.32 Å². The molecule has 0 atom stereocenters. The molecule has 0 saturated carbocycles. The zero-order valence-electron chi connectivity index (χ0n) is 15.7. The van der Waals surface area contributed by atoms with Crippen molar-refractivity contribution in [3.05, 3.63) is 70.3 Å². The smallest absolute Gasteiger partial charge is 0.295 e. The van der Waals surface area contributed by atoms with E-state index in [1.54, 1.807) is 12.1 Å². The second kappa shape index (κ2) is 5.93. The van der Waals surface area contributed by atoms with Gasteiger partial charge in [-0.1, -0.05) is 18.2 Å². The van der Waals surface area contributed by atoms with Gasteiger partial charge in [0.2, 0.25) is 5.82 Å². The van der Waals surface area contributed by atoms with Crippen LogP contribution in [0.2, 0.25) is 0 Å². The molecule has 2 aliphatic rings. The molecule has 2 N–H and O–H groups in total. The highest BCUT2D eigenvalue weighted by Crippen LogP contribution is 2.63. The summed E-state index contributed by atoms with van der Waals surface area (Å²) in [7, 11) is 0. The molecule has 2 aliphatic carbocycles. The van der Waals surface area contributed by atoms with Crippen molar-refractivity contribution in [3.8, 4) is 11.6 Å². The third-order valence-electron chi connectivity index (χ3n) is 5.69. The van der Waals surface area contributed by atoms with E-state index in [0.717, 1.165) is 23.1 Å². The van der Waals surface area contributed by atoms with Gasteiger partial charge in [0.15, 0.2) is 5.76 Å². The Labute approximate surface area is 171 Å². The molecule has 4 aromatic rings. The van der Waals surface area contributed by atoms with Crippen molar-refractivity contribution in [2.45, 2.75) is 24.8 Å². The second-order valence-electron chi connectivity index (χ2n) is 7.61. The SMILES string of the molecule is FC1(F)C2=C(C2)C(F)(F)c2cc(NCc3ccc4cc(-c5nn[nH]n5)oc4c3)ccc21. The second-order valence-corrected chi connectivity index (χ2v) is 7.61. The molecule has 2 aromatic heterocycles. The molecule has 0 saturated heterocycles. The maximum absolute atomic E-state index is 14.6. The first kappa shape index (κ1) is 18.1. The van der Waals surface area contributed by atoms with Crippen LogP contribution >= 0.6 is 0 Å². The van der Waals surface area contributed by atoms with Crippen LogP contribution in [-0.4, -0.2) is 20.6 Å². The fourth-order valence-electron chi connectivity index (χ4n) is 4.01. The minimum atomic E-state index is -3.36. The number of nitrogens with one attached hydrogen (secondary N) is 2. The molecule has 6 nitrogen and oxygen atoms in total. The molecule has 10 heteroatoms. The largest absolute Gasteiger partial charge is 0.453 e. The highest BCUT2D eigenvalue weighted by atomic mass is 19.3. The number of hydrogen-bond acceptors (Lipinski definition) is 5. The van der Waals surface area contributed by atoms with Crippen LogP contribution in [0.3, 0.4) is 0 Å². The lowest BCUT2D eigenvalue weighted by atomic mass is 9.90. The van der Waals surface area contributed by atoms with Gasteiger partial charge in [0.25, 0.3) is 11.8 Å². The van der Waals surface area contributed by atoms with Crippen molar-refractivity contribution in [1.29, 1.82) is 0 Å². The Kier molecular flexibility index (Phi) is 3.46. The van der Waals surface area contributed by atoms with Gasteiger partial charge in [0, 0.05) is 46.3 Å². The third kappa shape index (κ3) is 2.67. The summed E-state index contributed by atoms with van der Waals surface area (Å²) in [4.78, 5) is 0. The summed E-state index contributed by atoms with van der Waals surface area (Å²) in [6.07, 6.45) is -0.313. The molecule has 2 heterocycles. The van der Waals surface area contributed by atoms with E-state index in [9.17, 15) is 17.6 Å². The van der Waals surface area contributed by atoms with Gasteiger partial charge in [-0.25, -0.2) is 0 Å². The van der Waals surface area contributed by atoms with Crippen LogP contribution in [0.5, 0.6) is 0 Å². The number of anilines is 1. The van der Waals surface area contributed by atoms with Gasteiger partial charge in [-0.3, -0.25) is 0 Å². The Hall–Kier alpha value is -3.69. The number of aromatic nitrogens is 4. The molecule has 0 unspecified atom stereocenters. The molecule has 6 rings (SSSR count). The van der Waals surface area contributed by atoms with E-state index in [1.165, 1.54) is 6.07 Å². The minimum Gasteiger partial charge on any atom is -0.453 e. The van der Waals surface area contributed by atoms with Crippen LogP contribution in [0, 0.1) is 0 Å². The average Bonchev–Trinajstić information content (AvgIpc) is 3.22. The van der Waals surface area contributed by atoms with Crippen molar-refractivity contribution < 1.29 is 22.0 Å². The summed E-state index contributed by atoms with van der Waals surface area (Å²) in [6.45, 7) is 0.295. The monoisotopic (exact) mass is 427 g/mol. The maximum Gasteiger partial charge on any atom is 0.295 e. The lowest BCUT2D eigenvalue weighted by Crippen LogP contribution is -2.25. The van der Waals surface area contributed by atoms with E-state index in [1.807, 2.05) is 12.1 Å². The van der Waals surface area contributed by atoms with Gasteiger partial charge >= 0.3 is 0 Å². The number of fused-ring (bicyclic) bond motifs is 2. The number of alkyl halides is 4. The van der Waals surface area contributed by atoms with Gasteiger partial charge in [-0.15, -0.1) is 10.2 Å². The first-order chi connectivity index (χ1) is 14.8. The standard InChI is InChI=1S/C21H13F4N5O/c22-20(23)13-4-3-12(7-14(13)21(24,25)16-8-15(16)20)26-9-10-1-2-11-6-18(31-17(11)5-10)19-27-29-30-28-19/h1-7,26H,8-9H2,(H,27,28,29,30). The molecular formula is C21H13F4N5O. The number of nitrogens with zero attached hydrogens (tertiary/aromatic N) is 3. The summed E-state index contributed by atoms with van der Waals surface area (Å²) in [5.41, 5.74) is -0.394. The summed E-state index contributed by atoms with van der Waals surface area (Å²) in [5, 5.41) is 17.5. The lowest BCUT2D eigenvalue weighted by molar-refractivity contribution is 0.00460. The summed E-state index contributed by atoms with van der Waals surface area (Å²) in [5.74, 6) is -5.90. The van der Waals surface area contributed by atoms with Crippen LogP contribution in [0.1, 0.15) is 23.1 Å². The normalized spacial score (nSPS) is 18.1. The molecule has 0 bridgehead atoms. The van der Waals surface area contributed by atoms with Crippen LogP contribution in [0.15, 0.2) is 58.0 Å². The number of allylic oxidation sites excluding steroid dienone is 2. The van der Waals surface area contributed by atoms with Crippen molar-refractivity contribution in [1.82, 2.24) is 20.6 Å². The third-order valence-corrected chi connectivity index (χ3v) is 5.69. The predicted molar refractivity (Wildman–Crippen MR) is 103 cm³/mol. The molecule has 31 heavy (non-hydrogen) atoms. The van der Waals surface area contributed by atoms with Crippen LogP contribution in [0.4, 0.5) is 23.2 Å². The molecule has 0 aliphatic heterocycles. The van der Waals surface area contributed by atoms with Gasteiger partial charge in [-0.2, -0.15) is 22.8 Å². The quantitative estimate of drug-likeness (QED) is 0.349. The predicted octanol–water partition coefficient (Wildman–Crippen LogP) is 5.12. The summed E-state index contributed by atoms with van der Waals surface area (Å²) < 4.78 is 63.6. The molecule has 0 spiro atoms. The molecule has 0 amide bonds. The minimum absolute atomic E-state index is 0.295. The fraction of sp³-hybridized carbons (Fsp3) is 0.190. The number of tetrazole rings is 1. The Balaban J connectivity index is 1.26. The number of aromatic amines is 1. The van der Waals surface area contributed by atoms with Crippen LogP contribution in [0.25, 0.3) is 22.6 Å². The molecule has 2 aromatic carbocycles. The van der Waals surface area contributed by atoms with Crippen molar-refractivity contribution in [2.24, 2.45) is 0 Å². The zero-order valence-corrected chi connectivity index (χ0v) is 15.7. The number of hydrogen-bond donors (Lipinski definition) is 2. The first-order valence-electron chi connectivity index (χ1n) is 9.48. The van der Waals surface area contributed by atoms with Gasteiger partial charge < -0.3 is 9.73 Å². The van der Waals surface area contributed by atoms with Gasteiger partial charge in [0.05, 0.1) is 0 Å². The van der Waals surface area contributed by atoms with E-state index in [-0.39, 0.29) is 6.42 Å². The topological polar surface area (TPSA) is 79.6 Å². The van der Waals surface area contributed by atoms with Crippen molar-refractivity contribution in [3.63, 3.8) is 0 Å². The number of rotatable bonds is 4. The van der Waals surface area contributed by atoms with Gasteiger partial charge in [0.1, 0.15) is 5.58 Å². The lowest BCUT2D eigenvalue weighted by Gasteiger charge is -2.26. The number of halogens is 4. The molecule has 156 valence electrons. The van der Waals surface area contributed by atoms with Gasteiger partial charge in [-0.05, 0) is 35.0 Å². The van der Waals surface area contributed by atoms with E-state index < -0.39 is 34.1 Å². The average molecular weight is 427 g/mol. The summed E-state index contributed by atoms with van der Waals surface area (Å²) in [6, 6.07) is 10.9. The first-order valence-corrected chi connectivity index (χ1v) is 9.48. The molecular weight excluding hydrogens is 414 g/mol. The highest BCUT2D eigenvalue weighted by Gasteiger charge is 2.61. The zero-order chi connectivity index (χ0) is 21.4. The summed E-state index contributed by atoms with van der Waals surface area (Å²) >= 11 is 0. The van der Waals surface area contributed by atoms with Crippen LogP contribution in [-0.2, 0) is 18.4 Å².